The number of ether oxygens (including phenoxy) is 4. The van der Waals surface area contributed by atoms with E-state index in [1.807, 2.05) is 25.1 Å². The lowest BCUT2D eigenvalue weighted by Gasteiger charge is -2.15. The predicted octanol–water partition coefficient (Wildman–Crippen LogP) is 3.16. The molecule has 140 valence electrons. The standard InChI is InChI=1S/C19H24N2O5/c1-5-26-15-9-7-6-8-14(15)21-18(22)12-20-13-10-16(23-2)19(25-4)17(11-13)24-3/h6-11,20H,5,12H2,1-4H3,(H,21,22). The molecule has 0 fully saturated rings. The van der Waals surface area contributed by atoms with Crippen LogP contribution in [0.1, 0.15) is 6.92 Å². The number of amides is 1. The molecule has 0 spiro atoms. The number of hydrogen-bond acceptors (Lipinski definition) is 6. The molecule has 0 saturated carbocycles. The van der Waals surface area contributed by atoms with Gasteiger partial charge < -0.3 is 29.6 Å². The van der Waals surface area contributed by atoms with E-state index in [0.717, 1.165) is 0 Å². The number of carbonyl (C=O) groups is 1. The Morgan fingerprint density at radius 2 is 1.62 bits per heavy atom. The third-order valence-electron chi connectivity index (χ3n) is 3.58. The van der Waals surface area contributed by atoms with Crippen LogP contribution in [0.15, 0.2) is 36.4 Å². The van der Waals surface area contributed by atoms with Gasteiger partial charge in [0.05, 0.1) is 40.2 Å². The molecule has 0 atom stereocenters. The largest absolute Gasteiger partial charge is 0.493 e. The maximum absolute atomic E-state index is 12.3. The first-order valence-electron chi connectivity index (χ1n) is 8.18. The van der Waals surface area contributed by atoms with Crippen LogP contribution in [0.25, 0.3) is 0 Å². The second-order valence-corrected chi connectivity index (χ2v) is 5.24. The molecule has 0 aliphatic rings. The molecule has 2 aromatic rings. The average molecular weight is 360 g/mol. The van der Waals surface area contributed by atoms with E-state index in [4.69, 9.17) is 18.9 Å². The quantitative estimate of drug-likeness (QED) is 0.715. The Morgan fingerprint density at radius 3 is 2.19 bits per heavy atom. The van der Waals surface area contributed by atoms with Gasteiger partial charge in [0.15, 0.2) is 11.5 Å². The van der Waals surface area contributed by atoms with E-state index in [1.54, 1.807) is 32.4 Å². The van der Waals surface area contributed by atoms with Crippen LogP contribution in [0.2, 0.25) is 0 Å². The number of methoxy groups -OCH3 is 3. The first kappa shape index (κ1) is 19.2. The molecule has 2 rings (SSSR count). The van der Waals surface area contributed by atoms with Gasteiger partial charge in [-0.1, -0.05) is 12.1 Å². The molecule has 0 aliphatic carbocycles. The minimum atomic E-state index is -0.203. The second-order valence-electron chi connectivity index (χ2n) is 5.24. The summed E-state index contributed by atoms with van der Waals surface area (Å²) in [5.74, 6) is 1.95. The molecule has 0 saturated heterocycles. The first-order chi connectivity index (χ1) is 12.6. The third kappa shape index (κ3) is 4.72. The lowest BCUT2D eigenvalue weighted by molar-refractivity contribution is -0.114. The van der Waals surface area contributed by atoms with Gasteiger partial charge in [0.2, 0.25) is 11.7 Å². The van der Waals surface area contributed by atoms with Crippen molar-refractivity contribution in [3.63, 3.8) is 0 Å². The predicted molar refractivity (Wildman–Crippen MR) is 101 cm³/mol. The van der Waals surface area contributed by atoms with Crippen LogP contribution in [-0.4, -0.2) is 40.4 Å². The van der Waals surface area contributed by atoms with Gasteiger partial charge in [-0.3, -0.25) is 4.79 Å². The van der Waals surface area contributed by atoms with Crippen LogP contribution in [0.3, 0.4) is 0 Å². The highest BCUT2D eigenvalue weighted by molar-refractivity contribution is 5.95. The van der Waals surface area contributed by atoms with Gasteiger partial charge in [0.1, 0.15) is 5.75 Å². The normalized spacial score (nSPS) is 10.0. The Hall–Kier alpha value is -3.09. The summed E-state index contributed by atoms with van der Waals surface area (Å²) >= 11 is 0. The Bertz CT molecular complexity index is 723. The summed E-state index contributed by atoms with van der Waals surface area (Å²) in [5.41, 5.74) is 1.30. The van der Waals surface area contributed by atoms with Gasteiger partial charge in [0.25, 0.3) is 0 Å². The highest BCUT2D eigenvalue weighted by Crippen LogP contribution is 2.39. The SMILES string of the molecule is CCOc1ccccc1NC(=O)CNc1cc(OC)c(OC)c(OC)c1. The van der Waals surface area contributed by atoms with Crippen molar-refractivity contribution in [1.29, 1.82) is 0 Å². The molecule has 0 heterocycles. The van der Waals surface area contributed by atoms with E-state index in [0.29, 0.717) is 41.0 Å². The summed E-state index contributed by atoms with van der Waals surface area (Å²) < 4.78 is 21.4. The molecule has 0 aliphatic heterocycles. The van der Waals surface area contributed by atoms with E-state index >= 15 is 0 Å². The van der Waals surface area contributed by atoms with Crippen LogP contribution in [0.4, 0.5) is 11.4 Å². The van der Waals surface area contributed by atoms with Crippen molar-refractivity contribution in [3.8, 4) is 23.0 Å². The molecule has 0 unspecified atom stereocenters. The molecular formula is C19H24N2O5. The van der Waals surface area contributed by atoms with Crippen molar-refractivity contribution in [2.75, 3.05) is 45.1 Å². The van der Waals surface area contributed by atoms with E-state index in [2.05, 4.69) is 10.6 Å². The number of nitrogens with one attached hydrogen (secondary N) is 2. The van der Waals surface area contributed by atoms with Crippen molar-refractivity contribution < 1.29 is 23.7 Å². The molecule has 1 amide bonds. The number of para-hydroxylation sites is 2. The molecule has 0 bridgehead atoms. The fourth-order valence-corrected chi connectivity index (χ4v) is 2.41. The number of anilines is 2. The van der Waals surface area contributed by atoms with Crippen LogP contribution in [-0.2, 0) is 4.79 Å². The molecule has 7 heteroatoms. The number of carbonyl (C=O) groups excluding carboxylic acids is 1. The van der Waals surface area contributed by atoms with E-state index in [-0.39, 0.29) is 12.5 Å². The van der Waals surface area contributed by atoms with Crippen LogP contribution in [0.5, 0.6) is 23.0 Å². The zero-order chi connectivity index (χ0) is 18.9. The molecule has 2 N–H and O–H groups in total. The lowest BCUT2D eigenvalue weighted by Crippen LogP contribution is -2.22. The van der Waals surface area contributed by atoms with Gasteiger partial charge in [-0.2, -0.15) is 0 Å². The van der Waals surface area contributed by atoms with Crippen molar-refractivity contribution in [2.45, 2.75) is 6.92 Å². The van der Waals surface area contributed by atoms with Crippen molar-refractivity contribution >= 4 is 17.3 Å². The molecule has 0 aromatic heterocycles. The topological polar surface area (TPSA) is 78.1 Å². The van der Waals surface area contributed by atoms with Gasteiger partial charge in [-0.05, 0) is 19.1 Å². The van der Waals surface area contributed by atoms with E-state index < -0.39 is 0 Å². The third-order valence-corrected chi connectivity index (χ3v) is 3.58. The Morgan fingerprint density at radius 1 is 0.962 bits per heavy atom. The van der Waals surface area contributed by atoms with E-state index in [9.17, 15) is 4.79 Å². The fraction of sp³-hybridized carbons (Fsp3) is 0.316. The Labute approximate surface area is 153 Å². The highest BCUT2D eigenvalue weighted by atomic mass is 16.5. The summed E-state index contributed by atoms with van der Waals surface area (Å²) in [6.45, 7) is 2.49. The van der Waals surface area contributed by atoms with Crippen molar-refractivity contribution in [1.82, 2.24) is 0 Å². The monoisotopic (exact) mass is 360 g/mol. The fourth-order valence-electron chi connectivity index (χ4n) is 2.41. The minimum Gasteiger partial charge on any atom is -0.493 e. The van der Waals surface area contributed by atoms with Gasteiger partial charge in [-0.25, -0.2) is 0 Å². The summed E-state index contributed by atoms with van der Waals surface area (Å²) in [4.78, 5) is 12.3. The van der Waals surface area contributed by atoms with Gasteiger partial charge in [-0.15, -0.1) is 0 Å². The molecular weight excluding hydrogens is 336 g/mol. The maximum Gasteiger partial charge on any atom is 0.243 e. The molecule has 26 heavy (non-hydrogen) atoms. The van der Waals surface area contributed by atoms with Crippen LogP contribution < -0.4 is 29.6 Å². The minimum absolute atomic E-state index is 0.0685. The van der Waals surface area contributed by atoms with Crippen LogP contribution in [0, 0.1) is 0 Å². The summed E-state index contributed by atoms with van der Waals surface area (Å²) in [6, 6.07) is 10.8. The zero-order valence-electron chi connectivity index (χ0n) is 15.4. The molecule has 2 aromatic carbocycles. The number of hydrogen-bond donors (Lipinski definition) is 2. The van der Waals surface area contributed by atoms with Gasteiger partial charge >= 0.3 is 0 Å². The summed E-state index contributed by atoms with van der Waals surface area (Å²) in [5, 5.41) is 5.88. The van der Waals surface area contributed by atoms with Crippen molar-refractivity contribution in [3.05, 3.63) is 36.4 Å². The number of benzene rings is 2. The van der Waals surface area contributed by atoms with Crippen molar-refractivity contribution in [2.24, 2.45) is 0 Å². The Balaban J connectivity index is 2.06. The average Bonchev–Trinajstić information content (AvgIpc) is 2.67. The smallest absolute Gasteiger partial charge is 0.243 e. The lowest BCUT2D eigenvalue weighted by atomic mass is 10.2. The van der Waals surface area contributed by atoms with E-state index in [1.165, 1.54) is 7.11 Å². The first-order valence-corrected chi connectivity index (χ1v) is 8.18. The second kappa shape index (κ2) is 9.41. The van der Waals surface area contributed by atoms with Crippen LogP contribution >= 0.6 is 0 Å². The highest BCUT2D eigenvalue weighted by Gasteiger charge is 2.14. The van der Waals surface area contributed by atoms with Gasteiger partial charge in [0, 0.05) is 17.8 Å². The zero-order valence-corrected chi connectivity index (χ0v) is 15.4. The summed E-state index contributed by atoms with van der Waals surface area (Å²) in [7, 11) is 4.62. The molecule has 0 radical (unpaired) electrons. The number of rotatable bonds is 9. The summed E-state index contributed by atoms with van der Waals surface area (Å²) in [6.07, 6.45) is 0. The Kier molecular flexibility index (Phi) is 6.96. The molecule has 7 nitrogen and oxygen atoms in total. The maximum atomic E-state index is 12.3.